The molecule has 8 heteroatoms. The van der Waals surface area contributed by atoms with Crippen LogP contribution >= 0.6 is 0 Å². The second-order valence-electron chi connectivity index (χ2n) is 4.06. The molecule has 2 aromatic rings. The molecule has 7 nitrogen and oxygen atoms in total. The topological polar surface area (TPSA) is 98.5 Å². The number of benzene rings is 2. The van der Waals surface area contributed by atoms with E-state index >= 15 is 0 Å². The number of hydrogen-bond donors (Lipinski definition) is 1. The maximum absolute atomic E-state index is 12.1. The molecular formula is C13H12N2O5S. The molecule has 0 saturated heterocycles. The van der Waals surface area contributed by atoms with Crippen LogP contribution in [0.5, 0.6) is 5.75 Å². The monoisotopic (exact) mass is 308 g/mol. The molecular weight excluding hydrogens is 296 g/mol. The summed E-state index contributed by atoms with van der Waals surface area (Å²) < 4.78 is 31.4. The molecule has 0 atom stereocenters. The van der Waals surface area contributed by atoms with E-state index in [9.17, 15) is 18.5 Å². The first-order chi connectivity index (χ1) is 9.94. The molecule has 0 aliphatic carbocycles. The molecule has 2 rings (SSSR count). The van der Waals surface area contributed by atoms with Crippen LogP contribution in [-0.4, -0.2) is 20.5 Å². The van der Waals surface area contributed by atoms with Gasteiger partial charge in [-0.2, -0.15) is 0 Å². The predicted octanol–water partition coefficient (Wildman–Crippen LogP) is 2.40. The van der Waals surface area contributed by atoms with Crippen molar-refractivity contribution in [2.45, 2.75) is 4.90 Å². The summed E-state index contributed by atoms with van der Waals surface area (Å²) in [5, 5.41) is 10.9. The Kier molecular flexibility index (Phi) is 4.08. The quantitative estimate of drug-likeness (QED) is 0.675. The fourth-order valence-corrected chi connectivity index (χ4v) is 2.78. The van der Waals surface area contributed by atoms with Gasteiger partial charge >= 0.3 is 5.69 Å². The number of nitrogens with zero attached hydrogens (tertiary/aromatic N) is 1. The van der Waals surface area contributed by atoms with Crippen LogP contribution in [0.4, 0.5) is 11.4 Å². The second kappa shape index (κ2) is 5.80. The zero-order chi connectivity index (χ0) is 15.5. The van der Waals surface area contributed by atoms with Crippen molar-refractivity contribution in [1.29, 1.82) is 0 Å². The standard InChI is InChI=1S/C13H12N2O5S/c1-20-13-8-7-10(9-12(13)15(16)17)14-21(18,19)11-5-3-2-4-6-11/h2-9,14H,1H3. The lowest BCUT2D eigenvalue weighted by Crippen LogP contribution is -2.13. The van der Waals surface area contributed by atoms with Gasteiger partial charge < -0.3 is 4.74 Å². The van der Waals surface area contributed by atoms with Crippen LogP contribution in [0, 0.1) is 10.1 Å². The average Bonchev–Trinajstić information content (AvgIpc) is 2.47. The highest BCUT2D eigenvalue weighted by Gasteiger charge is 2.19. The molecule has 0 fully saturated rings. The lowest BCUT2D eigenvalue weighted by molar-refractivity contribution is -0.385. The number of anilines is 1. The minimum absolute atomic E-state index is 0.0580. The Hall–Kier alpha value is -2.61. The fourth-order valence-electron chi connectivity index (χ4n) is 1.71. The third-order valence-electron chi connectivity index (χ3n) is 2.68. The van der Waals surface area contributed by atoms with Crippen molar-refractivity contribution in [2.75, 3.05) is 11.8 Å². The highest BCUT2D eigenvalue weighted by molar-refractivity contribution is 7.92. The Morgan fingerprint density at radius 2 is 1.81 bits per heavy atom. The lowest BCUT2D eigenvalue weighted by atomic mass is 10.2. The summed E-state index contributed by atoms with van der Waals surface area (Å²) in [7, 11) is -2.49. The highest BCUT2D eigenvalue weighted by Crippen LogP contribution is 2.30. The zero-order valence-corrected chi connectivity index (χ0v) is 11.8. The van der Waals surface area contributed by atoms with Gasteiger partial charge in [-0.1, -0.05) is 18.2 Å². The average molecular weight is 308 g/mol. The first-order valence-corrected chi connectivity index (χ1v) is 7.32. The van der Waals surface area contributed by atoms with Gasteiger partial charge in [0.25, 0.3) is 10.0 Å². The van der Waals surface area contributed by atoms with Gasteiger partial charge in [0.1, 0.15) is 0 Å². The molecule has 0 bridgehead atoms. The van der Waals surface area contributed by atoms with Crippen molar-refractivity contribution in [3.05, 3.63) is 58.6 Å². The van der Waals surface area contributed by atoms with Gasteiger partial charge in [0, 0.05) is 6.07 Å². The van der Waals surface area contributed by atoms with E-state index in [1.54, 1.807) is 18.2 Å². The first kappa shape index (κ1) is 14.8. The van der Waals surface area contributed by atoms with E-state index in [1.807, 2.05) is 0 Å². The van der Waals surface area contributed by atoms with Crippen LogP contribution in [0.2, 0.25) is 0 Å². The third kappa shape index (κ3) is 3.29. The van der Waals surface area contributed by atoms with Gasteiger partial charge in [0.15, 0.2) is 5.75 Å². The van der Waals surface area contributed by atoms with Crippen LogP contribution in [0.3, 0.4) is 0 Å². The smallest absolute Gasteiger partial charge is 0.312 e. The summed E-state index contributed by atoms with van der Waals surface area (Å²) in [5.41, 5.74) is -0.225. The normalized spacial score (nSPS) is 10.9. The Bertz CT molecular complexity index is 759. The molecule has 0 spiro atoms. The Morgan fingerprint density at radius 3 is 2.38 bits per heavy atom. The molecule has 1 N–H and O–H groups in total. The molecule has 110 valence electrons. The maximum atomic E-state index is 12.1. The van der Waals surface area contributed by atoms with Crippen LogP contribution < -0.4 is 9.46 Å². The van der Waals surface area contributed by atoms with E-state index in [4.69, 9.17) is 4.74 Å². The number of ether oxygens (including phenoxy) is 1. The van der Waals surface area contributed by atoms with E-state index in [0.29, 0.717) is 0 Å². The SMILES string of the molecule is COc1ccc(NS(=O)(=O)c2ccccc2)cc1[N+](=O)[O-]. The number of methoxy groups -OCH3 is 1. The number of nitro groups is 1. The molecule has 0 unspecified atom stereocenters. The van der Waals surface area contributed by atoms with Crippen molar-refractivity contribution < 1.29 is 18.1 Å². The minimum atomic E-state index is -3.79. The van der Waals surface area contributed by atoms with Crippen LogP contribution in [0.1, 0.15) is 0 Å². The first-order valence-electron chi connectivity index (χ1n) is 5.84. The minimum Gasteiger partial charge on any atom is -0.490 e. The van der Waals surface area contributed by atoms with Crippen LogP contribution in [0.25, 0.3) is 0 Å². The largest absolute Gasteiger partial charge is 0.490 e. The second-order valence-corrected chi connectivity index (χ2v) is 5.74. The molecule has 0 amide bonds. The number of nitrogens with one attached hydrogen (secondary N) is 1. The highest BCUT2D eigenvalue weighted by atomic mass is 32.2. The van der Waals surface area contributed by atoms with Crippen molar-refractivity contribution in [3.63, 3.8) is 0 Å². The fraction of sp³-hybridized carbons (Fsp3) is 0.0769. The van der Waals surface area contributed by atoms with Gasteiger partial charge in [0.2, 0.25) is 0 Å². The summed E-state index contributed by atoms with van der Waals surface area (Å²) in [6, 6.07) is 11.6. The van der Waals surface area contributed by atoms with Crippen molar-refractivity contribution in [3.8, 4) is 5.75 Å². The molecule has 0 aliphatic heterocycles. The van der Waals surface area contributed by atoms with Gasteiger partial charge in [-0.25, -0.2) is 8.42 Å². The molecule has 0 saturated carbocycles. The number of nitro benzene ring substituents is 1. The number of hydrogen-bond acceptors (Lipinski definition) is 5. The van der Waals surface area contributed by atoms with E-state index in [-0.39, 0.29) is 22.0 Å². The van der Waals surface area contributed by atoms with E-state index < -0.39 is 14.9 Å². The number of sulfonamides is 1. The van der Waals surface area contributed by atoms with E-state index in [0.717, 1.165) is 6.07 Å². The molecule has 0 heterocycles. The Morgan fingerprint density at radius 1 is 1.14 bits per heavy atom. The maximum Gasteiger partial charge on any atom is 0.312 e. The zero-order valence-electron chi connectivity index (χ0n) is 11.0. The van der Waals surface area contributed by atoms with Crippen molar-refractivity contribution in [1.82, 2.24) is 0 Å². The van der Waals surface area contributed by atoms with E-state index in [1.165, 1.54) is 31.4 Å². The lowest BCUT2D eigenvalue weighted by Gasteiger charge is -2.09. The molecule has 21 heavy (non-hydrogen) atoms. The molecule has 0 radical (unpaired) electrons. The summed E-state index contributed by atoms with van der Waals surface area (Å²) in [4.78, 5) is 10.3. The summed E-state index contributed by atoms with van der Waals surface area (Å²) >= 11 is 0. The van der Waals surface area contributed by atoms with Gasteiger partial charge in [-0.15, -0.1) is 0 Å². The summed E-state index contributed by atoms with van der Waals surface area (Å²) in [6.45, 7) is 0. The van der Waals surface area contributed by atoms with E-state index in [2.05, 4.69) is 4.72 Å². The molecule has 2 aromatic carbocycles. The Balaban J connectivity index is 2.36. The van der Waals surface area contributed by atoms with Crippen molar-refractivity contribution in [2.24, 2.45) is 0 Å². The summed E-state index contributed by atoms with van der Waals surface area (Å²) in [6.07, 6.45) is 0. The number of rotatable bonds is 5. The van der Waals surface area contributed by atoms with Gasteiger partial charge in [-0.3, -0.25) is 14.8 Å². The molecule has 0 aliphatic rings. The summed E-state index contributed by atoms with van der Waals surface area (Å²) in [5.74, 6) is 0.0580. The Labute approximate surface area is 121 Å². The third-order valence-corrected chi connectivity index (χ3v) is 4.08. The van der Waals surface area contributed by atoms with Crippen LogP contribution in [-0.2, 0) is 10.0 Å². The van der Waals surface area contributed by atoms with Crippen LogP contribution in [0.15, 0.2) is 53.4 Å². The predicted molar refractivity (Wildman–Crippen MR) is 76.9 cm³/mol. The van der Waals surface area contributed by atoms with Gasteiger partial charge in [-0.05, 0) is 24.3 Å². The van der Waals surface area contributed by atoms with Crippen molar-refractivity contribution >= 4 is 21.4 Å². The van der Waals surface area contributed by atoms with Gasteiger partial charge in [0.05, 0.1) is 22.6 Å². The molecule has 0 aromatic heterocycles.